The molecule has 0 atom stereocenters. The highest BCUT2D eigenvalue weighted by atomic mass is 32.1. The summed E-state index contributed by atoms with van der Waals surface area (Å²) in [5, 5.41) is 8.79. The first kappa shape index (κ1) is 24.4. The van der Waals surface area contributed by atoms with Crippen molar-refractivity contribution in [1.29, 1.82) is 0 Å². The molecule has 182 valence electrons. The number of carbonyl (C=O) groups excluding carboxylic acids is 4. The number of nitrogens with zero attached hydrogens (tertiary/aromatic N) is 1. The molecule has 4 aromatic rings. The zero-order valence-corrected chi connectivity index (χ0v) is 19.8. The van der Waals surface area contributed by atoms with E-state index in [2.05, 4.69) is 31.2 Å². The summed E-state index contributed by atoms with van der Waals surface area (Å²) in [5.41, 5.74) is 9.26. The maximum Gasteiger partial charge on any atom is 0.303 e. The summed E-state index contributed by atoms with van der Waals surface area (Å²) in [6.45, 7) is 0.827. The smallest absolute Gasteiger partial charge is 0.303 e. The van der Waals surface area contributed by atoms with Gasteiger partial charge in [-0.25, -0.2) is 4.98 Å². The van der Waals surface area contributed by atoms with Crippen LogP contribution in [-0.4, -0.2) is 35.3 Å². The van der Waals surface area contributed by atoms with Crippen LogP contribution in [0, 0.1) is 0 Å². The van der Waals surface area contributed by atoms with E-state index in [1.54, 1.807) is 41.2 Å². The molecule has 0 saturated carbocycles. The van der Waals surface area contributed by atoms with Gasteiger partial charge in [0.15, 0.2) is 6.61 Å². The molecule has 3 aromatic carbocycles. The third-order valence-electron chi connectivity index (χ3n) is 4.93. The predicted octanol–water partition coefficient (Wildman–Crippen LogP) is 3.81. The molecule has 0 aliphatic heterocycles. The molecular formula is C25H21N5O5S. The van der Waals surface area contributed by atoms with E-state index in [0.717, 1.165) is 10.8 Å². The number of ether oxygens (including phenoxy) is 1. The molecule has 11 heteroatoms. The van der Waals surface area contributed by atoms with Gasteiger partial charge >= 0.3 is 5.97 Å². The van der Waals surface area contributed by atoms with E-state index in [-0.39, 0.29) is 18.4 Å². The predicted molar refractivity (Wildman–Crippen MR) is 137 cm³/mol. The molecule has 4 rings (SSSR count). The van der Waals surface area contributed by atoms with Crippen molar-refractivity contribution in [2.45, 2.75) is 6.92 Å². The molecule has 1 heterocycles. The second-order valence-electron chi connectivity index (χ2n) is 7.56. The van der Waals surface area contributed by atoms with Crippen LogP contribution in [0.2, 0.25) is 0 Å². The van der Waals surface area contributed by atoms with E-state index in [0.29, 0.717) is 28.3 Å². The summed E-state index contributed by atoms with van der Waals surface area (Å²) in [7, 11) is 0. The van der Waals surface area contributed by atoms with Crippen LogP contribution < -0.4 is 21.5 Å². The first-order valence-corrected chi connectivity index (χ1v) is 11.7. The van der Waals surface area contributed by atoms with Crippen LogP contribution in [0.5, 0.6) is 0 Å². The maximum absolute atomic E-state index is 12.9. The number of amides is 3. The molecular weight excluding hydrogens is 482 g/mol. The van der Waals surface area contributed by atoms with Gasteiger partial charge in [0, 0.05) is 28.9 Å². The third-order valence-corrected chi connectivity index (χ3v) is 5.52. The van der Waals surface area contributed by atoms with Crippen LogP contribution in [0.4, 0.5) is 17.1 Å². The Bertz CT molecular complexity index is 1420. The molecule has 10 nitrogen and oxygen atoms in total. The lowest BCUT2D eigenvalue weighted by Crippen LogP contribution is -2.29. The molecule has 0 spiro atoms. The number of anilines is 3. The number of thiazole rings is 1. The summed E-state index contributed by atoms with van der Waals surface area (Å²) in [4.78, 5) is 51.7. The number of hydrazine groups is 1. The number of benzene rings is 3. The van der Waals surface area contributed by atoms with Crippen molar-refractivity contribution in [2.75, 3.05) is 22.7 Å². The normalized spacial score (nSPS) is 10.4. The number of hydrogen-bond acceptors (Lipinski definition) is 8. The lowest BCUT2D eigenvalue weighted by Gasteiger charge is -2.14. The van der Waals surface area contributed by atoms with Crippen LogP contribution in [0.15, 0.2) is 71.6 Å². The molecule has 1 aromatic heterocycles. The van der Waals surface area contributed by atoms with Crippen LogP contribution in [0.1, 0.15) is 27.8 Å². The highest BCUT2D eigenvalue weighted by Gasteiger charge is 2.12. The van der Waals surface area contributed by atoms with Gasteiger partial charge in [-0.15, -0.1) is 11.3 Å². The van der Waals surface area contributed by atoms with E-state index in [1.807, 2.05) is 30.3 Å². The van der Waals surface area contributed by atoms with Crippen molar-refractivity contribution >= 4 is 62.9 Å². The van der Waals surface area contributed by atoms with Gasteiger partial charge in [-0.1, -0.05) is 24.3 Å². The second kappa shape index (κ2) is 11.1. The van der Waals surface area contributed by atoms with Gasteiger partial charge in [0.25, 0.3) is 17.7 Å². The van der Waals surface area contributed by atoms with Gasteiger partial charge in [0.05, 0.1) is 16.9 Å². The fourth-order valence-electron chi connectivity index (χ4n) is 3.27. The largest absolute Gasteiger partial charge is 0.456 e. The Morgan fingerprint density at radius 3 is 2.42 bits per heavy atom. The molecule has 0 radical (unpaired) electrons. The van der Waals surface area contributed by atoms with Crippen molar-refractivity contribution in [3.05, 3.63) is 82.8 Å². The first-order chi connectivity index (χ1) is 17.4. The van der Waals surface area contributed by atoms with Crippen LogP contribution in [-0.2, 0) is 14.3 Å². The van der Waals surface area contributed by atoms with Crippen molar-refractivity contribution in [3.63, 3.8) is 0 Å². The maximum atomic E-state index is 12.9. The van der Waals surface area contributed by atoms with Crippen molar-refractivity contribution in [2.24, 2.45) is 0 Å². The molecule has 0 aliphatic carbocycles. The minimum Gasteiger partial charge on any atom is -0.456 e. The quantitative estimate of drug-likeness (QED) is 0.212. The van der Waals surface area contributed by atoms with Crippen LogP contribution >= 0.6 is 11.3 Å². The van der Waals surface area contributed by atoms with Crippen LogP contribution in [0.3, 0.4) is 0 Å². The monoisotopic (exact) mass is 503 g/mol. The lowest BCUT2D eigenvalue weighted by molar-refractivity contribution is -0.144. The first-order valence-electron chi connectivity index (χ1n) is 10.7. The van der Waals surface area contributed by atoms with Gasteiger partial charge < -0.3 is 15.4 Å². The van der Waals surface area contributed by atoms with Gasteiger partial charge in [-0.05, 0) is 41.8 Å². The van der Waals surface area contributed by atoms with Gasteiger partial charge in [0.1, 0.15) is 5.69 Å². The molecule has 0 aliphatic rings. The highest BCUT2D eigenvalue weighted by Crippen LogP contribution is 2.28. The molecule has 0 unspecified atom stereocenters. The average molecular weight is 504 g/mol. The lowest BCUT2D eigenvalue weighted by atomic mass is 10.1. The van der Waals surface area contributed by atoms with E-state index in [9.17, 15) is 19.2 Å². The Morgan fingerprint density at radius 1 is 0.917 bits per heavy atom. The standard InChI is InChI=1S/C25H21N5O5S/c1-15(31)35-12-23(32)27-18-8-6-16(7-9-18)24(33)28-21-11-19(10-17-4-2-3-5-20(17)21)29-30-25(34)22-13-36-14-26-22/h2-11,13-14,29H,12H2,1H3,(H,27,32)(H,28,33)(H,30,34). The Balaban J connectivity index is 1.46. The summed E-state index contributed by atoms with van der Waals surface area (Å²) in [6, 6.07) is 17.4. The topological polar surface area (TPSA) is 139 Å². The zero-order valence-electron chi connectivity index (χ0n) is 19.0. The number of fused-ring (bicyclic) bond motifs is 1. The minimum atomic E-state index is -0.550. The van der Waals surface area contributed by atoms with E-state index in [1.165, 1.54) is 18.3 Å². The fraction of sp³-hybridized carbons (Fsp3) is 0.0800. The summed E-state index contributed by atoms with van der Waals surface area (Å²) in [5.74, 6) is -1.78. The van der Waals surface area contributed by atoms with Crippen molar-refractivity contribution in [3.8, 4) is 0 Å². The summed E-state index contributed by atoms with van der Waals surface area (Å²) in [6.07, 6.45) is 0. The molecule has 0 bridgehead atoms. The number of aromatic nitrogens is 1. The Kier molecular flexibility index (Phi) is 7.51. The third kappa shape index (κ3) is 6.21. The Morgan fingerprint density at radius 2 is 1.69 bits per heavy atom. The number of rotatable bonds is 8. The number of carbonyl (C=O) groups is 4. The fourth-order valence-corrected chi connectivity index (χ4v) is 3.80. The van der Waals surface area contributed by atoms with Gasteiger partial charge in [0.2, 0.25) is 0 Å². The van der Waals surface area contributed by atoms with E-state index >= 15 is 0 Å². The number of hydrogen-bond donors (Lipinski definition) is 4. The van der Waals surface area contributed by atoms with Gasteiger partial charge in [-0.3, -0.25) is 30.0 Å². The number of esters is 1. The van der Waals surface area contributed by atoms with Crippen molar-refractivity contribution < 1.29 is 23.9 Å². The molecule has 0 saturated heterocycles. The molecule has 0 fully saturated rings. The summed E-state index contributed by atoms with van der Waals surface area (Å²) >= 11 is 1.32. The van der Waals surface area contributed by atoms with Crippen LogP contribution in [0.25, 0.3) is 10.8 Å². The number of nitrogens with one attached hydrogen (secondary N) is 4. The molecule has 36 heavy (non-hydrogen) atoms. The highest BCUT2D eigenvalue weighted by molar-refractivity contribution is 7.07. The van der Waals surface area contributed by atoms with E-state index in [4.69, 9.17) is 0 Å². The second-order valence-corrected chi connectivity index (χ2v) is 8.28. The SMILES string of the molecule is CC(=O)OCC(=O)Nc1ccc(C(=O)Nc2cc(NNC(=O)c3cscn3)cc3ccccc23)cc1. The zero-order chi connectivity index (χ0) is 25.5. The Hall–Kier alpha value is -4.77. The Labute approximate surface area is 209 Å². The molecule has 4 N–H and O–H groups in total. The molecule has 3 amide bonds. The average Bonchev–Trinajstić information content (AvgIpc) is 3.42. The minimum absolute atomic E-state index is 0.299. The summed E-state index contributed by atoms with van der Waals surface area (Å²) < 4.78 is 4.65. The van der Waals surface area contributed by atoms with Crippen molar-refractivity contribution in [1.82, 2.24) is 10.4 Å². The van der Waals surface area contributed by atoms with Gasteiger partial charge in [-0.2, -0.15) is 0 Å². The van der Waals surface area contributed by atoms with E-state index < -0.39 is 11.9 Å².